The lowest BCUT2D eigenvalue weighted by Crippen LogP contribution is -2.31. The Labute approximate surface area is 91.8 Å². The van der Waals surface area contributed by atoms with Crippen molar-refractivity contribution in [2.24, 2.45) is 5.41 Å². The highest BCUT2D eigenvalue weighted by Crippen LogP contribution is 2.24. The third-order valence-electron chi connectivity index (χ3n) is 2.78. The normalized spacial score (nSPS) is 18.8. The van der Waals surface area contributed by atoms with Crippen molar-refractivity contribution in [2.75, 3.05) is 19.6 Å². The Balaban J connectivity index is 2.33. The maximum absolute atomic E-state index is 10.3. The molecule has 0 aromatic heterocycles. The van der Waals surface area contributed by atoms with Gasteiger partial charge in [-0.25, -0.2) is 4.79 Å². The zero-order valence-electron chi connectivity index (χ0n) is 9.70. The lowest BCUT2D eigenvalue weighted by molar-refractivity contribution is -0.131. The molecule has 0 radical (unpaired) electrons. The molecule has 3 heteroatoms. The van der Waals surface area contributed by atoms with Crippen molar-refractivity contribution >= 4 is 5.97 Å². The molecule has 0 saturated carbocycles. The summed E-state index contributed by atoms with van der Waals surface area (Å²) in [5, 5.41) is 8.50. The van der Waals surface area contributed by atoms with Gasteiger partial charge >= 0.3 is 5.97 Å². The second-order valence-electron chi connectivity index (χ2n) is 5.09. The fraction of sp³-hybridized carbons (Fsp3) is 0.750. The van der Waals surface area contributed by atoms with Crippen molar-refractivity contribution in [3.05, 3.63) is 12.2 Å². The van der Waals surface area contributed by atoms with E-state index in [0.717, 1.165) is 13.0 Å². The second kappa shape index (κ2) is 5.31. The average molecular weight is 211 g/mol. The highest BCUT2D eigenvalue weighted by atomic mass is 16.4. The molecule has 86 valence electrons. The monoisotopic (exact) mass is 211 g/mol. The van der Waals surface area contributed by atoms with E-state index in [1.54, 1.807) is 6.08 Å². The van der Waals surface area contributed by atoms with Crippen LogP contribution in [0, 0.1) is 5.41 Å². The third kappa shape index (κ3) is 4.98. The molecule has 0 amide bonds. The quantitative estimate of drug-likeness (QED) is 0.708. The number of carbonyl (C=O) groups is 1. The Kier molecular flexibility index (Phi) is 4.33. The molecule has 1 heterocycles. The van der Waals surface area contributed by atoms with E-state index in [4.69, 9.17) is 5.11 Å². The highest BCUT2D eigenvalue weighted by molar-refractivity contribution is 5.79. The van der Waals surface area contributed by atoms with Crippen LogP contribution in [0.25, 0.3) is 0 Å². The topological polar surface area (TPSA) is 40.5 Å². The Hall–Kier alpha value is -0.830. The van der Waals surface area contributed by atoms with E-state index in [-0.39, 0.29) is 5.41 Å². The molecular formula is C12H21NO2. The van der Waals surface area contributed by atoms with E-state index in [1.165, 1.54) is 32.0 Å². The van der Waals surface area contributed by atoms with Crippen LogP contribution >= 0.6 is 0 Å². The average Bonchev–Trinajstić information content (AvgIpc) is 2.54. The maximum Gasteiger partial charge on any atom is 0.327 e. The van der Waals surface area contributed by atoms with Gasteiger partial charge in [0.1, 0.15) is 0 Å². The van der Waals surface area contributed by atoms with Crippen LogP contribution in [0.4, 0.5) is 0 Å². The molecular weight excluding hydrogens is 190 g/mol. The predicted octanol–water partition coefficient (Wildman–Crippen LogP) is 2.14. The minimum absolute atomic E-state index is 0.177. The molecule has 1 fully saturated rings. The fourth-order valence-corrected chi connectivity index (χ4v) is 2.09. The molecule has 0 atom stereocenters. The number of nitrogens with zero attached hydrogens (tertiary/aromatic N) is 1. The summed E-state index contributed by atoms with van der Waals surface area (Å²) in [5.74, 6) is -0.855. The van der Waals surface area contributed by atoms with E-state index < -0.39 is 5.97 Å². The first-order valence-corrected chi connectivity index (χ1v) is 5.61. The summed E-state index contributed by atoms with van der Waals surface area (Å²) in [5.41, 5.74) is 0.177. The zero-order chi connectivity index (χ0) is 11.3. The first-order chi connectivity index (χ1) is 6.99. The Morgan fingerprint density at radius 2 is 2.00 bits per heavy atom. The number of rotatable bonds is 5. The van der Waals surface area contributed by atoms with Gasteiger partial charge in [0.15, 0.2) is 0 Å². The molecule has 0 spiro atoms. The number of hydrogen-bond acceptors (Lipinski definition) is 2. The molecule has 1 rings (SSSR count). The second-order valence-corrected chi connectivity index (χ2v) is 5.09. The van der Waals surface area contributed by atoms with E-state index in [1.807, 2.05) is 0 Å². The Morgan fingerprint density at radius 1 is 1.40 bits per heavy atom. The summed E-state index contributed by atoms with van der Waals surface area (Å²) in [6.45, 7) is 7.85. The molecule has 1 saturated heterocycles. The van der Waals surface area contributed by atoms with Crippen LogP contribution in [0.1, 0.15) is 33.1 Å². The summed E-state index contributed by atoms with van der Waals surface area (Å²) in [6.07, 6.45) is 6.45. The summed E-state index contributed by atoms with van der Waals surface area (Å²) < 4.78 is 0. The van der Waals surface area contributed by atoms with Crippen molar-refractivity contribution in [1.29, 1.82) is 0 Å². The molecule has 0 aromatic carbocycles. The van der Waals surface area contributed by atoms with Gasteiger partial charge in [0, 0.05) is 12.6 Å². The van der Waals surface area contributed by atoms with Crippen molar-refractivity contribution in [1.82, 2.24) is 4.90 Å². The summed E-state index contributed by atoms with van der Waals surface area (Å²) in [6, 6.07) is 0. The van der Waals surface area contributed by atoms with Crippen LogP contribution in [0.3, 0.4) is 0 Å². The van der Waals surface area contributed by atoms with E-state index in [0.29, 0.717) is 0 Å². The van der Waals surface area contributed by atoms with Crippen molar-refractivity contribution in [3.63, 3.8) is 0 Å². The lowest BCUT2D eigenvalue weighted by atomic mass is 9.88. The number of likely N-dealkylation sites (tertiary alicyclic amines) is 1. The molecule has 0 aromatic rings. The van der Waals surface area contributed by atoms with E-state index in [2.05, 4.69) is 18.7 Å². The van der Waals surface area contributed by atoms with E-state index in [9.17, 15) is 4.79 Å². The summed E-state index contributed by atoms with van der Waals surface area (Å²) in [4.78, 5) is 12.8. The first kappa shape index (κ1) is 12.2. The molecule has 1 aliphatic rings. The van der Waals surface area contributed by atoms with Crippen LogP contribution in [-0.2, 0) is 4.79 Å². The van der Waals surface area contributed by atoms with Gasteiger partial charge in [-0.3, -0.25) is 0 Å². The van der Waals surface area contributed by atoms with Crippen LogP contribution in [0.2, 0.25) is 0 Å². The Bertz CT molecular complexity index is 240. The van der Waals surface area contributed by atoms with Gasteiger partial charge in [0.25, 0.3) is 0 Å². The van der Waals surface area contributed by atoms with Gasteiger partial charge in [-0.2, -0.15) is 0 Å². The molecule has 3 nitrogen and oxygen atoms in total. The van der Waals surface area contributed by atoms with Crippen LogP contribution < -0.4 is 0 Å². The van der Waals surface area contributed by atoms with Gasteiger partial charge in [-0.15, -0.1) is 0 Å². The van der Waals surface area contributed by atoms with Crippen LogP contribution in [-0.4, -0.2) is 35.6 Å². The van der Waals surface area contributed by atoms with Gasteiger partial charge in [0.2, 0.25) is 0 Å². The molecule has 0 bridgehead atoms. The Morgan fingerprint density at radius 3 is 2.53 bits per heavy atom. The van der Waals surface area contributed by atoms with Crippen LogP contribution in [0.15, 0.2) is 12.2 Å². The van der Waals surface area contributed by atoms with Crippen molar-refractivity contribution in [2.45, 2.75) is 33.1 Å². The van der Waals surface area contributed by atoms with Crippen molar-refractivity contribution in [3.8, 4) is 0 Å². The number of aliphatic carboxylic acids is 1. The fourth-order valence-electron chi connectivity index (χ4n) is 2.09. The third-order valence-corrected chi connectivity index (χ3v) is 2.78. The number of allylic oxidation sites excluding steroid dienone is 1. The summed E-state index contributed by atoms with van der Waals surface area (Å²) in [7, 11) is 0. The molecule has 0 aliphatic carbocycles. The van der Waals surface area contributed by atoms with Gasteiger partial charge in [0.05, 0.1) is 0 Å². The summed E-state index contributed by atoms with van der Waals surface area (Å²) >= 11 is 0. The molecule has 1 N–H and O–H groups in total. The standard InChI is InChI=1S/C12H21NO2/c1-12(2,7-5-6-11(14)15)10-13-8-3-4-9-13/h5-6H,3-4,7-10H2,1-2H3,(H,14,15). The highest BCUT2D eigenvalue weighted by Gasteiger charge is 2.22. The number of carboxylic acids is 1. The maximum atomic E-state index is 10.3. The number of carboxylic acid groups (broad SMARTS) is 1. The largest absolute Gasteiger partial charge is 0.478 e. The van der Waals surface area contributed by atoms with Gasteiger partial charge < -0.3 is 10.0 Å². The lowest BCUT2D eigenvalue weighted by Gasteiger charge is -2.28. The van der Waals surface area contributed by atoms with E-state index >= 15 is 0 Å². The molecule has 15 heavy (non-hydrogen) atoms. The number of hydrogen-bond donors (Lipinski definition) is 1. The minimum atomic E-state index is -0.855. The van der Waals surface area contributed by atoms with Gasteiger partial charge in [-0.1, -0.05) is 19.9 Å². The van der Waals surface area contributed by atoms with Gasteiger partial charge in [-0.05, 0) is 37.8 Å². The predicted molar refractivity (Wildman–Crippen MR) is 60.8 cm³/mol. The molecule has 1 aliphatic heterocycles. The smallest absolute Gasteiger partial charge is 0.327 e. The SMILES string of the molecule is CC(C)(CC=CC(=O)O)CN1CCCC1. The van der Waals surface area contributed by atoms with Crippen molar-refractivity contribution < 1.29 is 9.90 Å². The first-order valence-electron chi connectivity index (χ1n) is 5.61. The zero-order valence-corrected chi connectivity index (χ0v) is 9.70. The van der Waals surface area contributed by atoms with Crippen LogP contribution in [0.5, 0.6) is 0 Å². The molecule has 0 unspecified atom stereocenters. The minimum Gasteiger partial charge on any atom is -0.478 e.